The van der Waals surface area contributed by atoms with Crippen LogP contribution in [0, 0.1) is 0 Å². The van der Waals surface area contributed by atoms with Gasteiger partial charge in [0.25, 0.3) is 17.7 Å². The van der Waals surface area contributed by atoms with Gasteiger partial charge < -0.3 is 30.5 Å². The van der Waals surface area contributed by atoms with E-state index in [-0.39, 0.29) is 27.6 Å². The van der Waals surface area contributed by atoms with Gasteiger partial charge in [-0.3, -0.25) is 14.5 Å². The number of nitrogens with zero attached hydrogens (tertiary/aromatic N) is 7. The molecule has 17 heteroatoms. The van der Waals surface area contributed by atoms with E-state index in [0.29, 0.717) is 12.4 Å². The van der Waals surface area contributed by atoms with Gasteiger partial charge in [0, 0.05) is 23.7 Å². The zero-order valence-electron chi connectivity index (χ0n) is 19.3. The second kappa shape index (κ2) is 9.66. The molecule has 2 aliphatic rings. The summed E-state index contributed by atoms with van der Waals surface area (Å²) in [6.07, 6.45) is 5.01. The lowest BCUT2D eigenvalue weighted by Crippen LogP contribution is -2.72. The van der Waals surface area contributed by atoms with Gasteiger partial charge in [0.2, 0.25) is 11.5 Å². The van der Waals surface area contributed by atoms with Crippen molar-refractivity contribution < 1.29 is 33.6 Å². The number of oxime groups is 1. The molecule has 2 aliphatic heterocycles. The number of β-lactam (4-membered cyclic amide) rings is 1. The maximum absolute atomic E-state index is 12.9. The van der Waals surface area contributed by atoms with Gasteiger partial charge in [-0.2, -0.15) is 9.36 Å². The molecule has 5 rings (SSSR count). The predicted molar refractivity (Wildman–Crippen MR) is 127 cm³/mol. The predicted octanol–water partition coefficient (Wildman–Crippen LogP) is -2.48. The number of fused-ring (bicyclic) bond motifs is 2. The van der Waals surface area contributed by atoms with E-state index in [4.69, 9.17) is 15.3 Å². The summed E-state index contributed by atoms with van der Waals surface area (Å²) in [6.45, 7) is 0.365. The zero-order chi connectivity index (χ0) is 26.3. The fourth-order valence-corrected chi connectivity index (χ4v) is 5.90. The van der Waals surface area contributed by atoms with Gasteiger partial charge in [-0.1, -0.05) is 9.67 Å². The molecule has 3 aromatic heterocycles. The Kier molecular flexibility index (Phi) is 6.38. The highest BCUT2D eigenvalue weighted by molar-refractivity contribution is 8.00. The molecule has 0 spiro atoms. The van der Waals surface area contributed by atoms with Crippen LogP contribution in [0.1, 0.15) is 5.82 Å². The summed E-state index contributed by atoms with van der Waals surface area (Å²) in [5, 5.41) is 21.5. The Morgan fingerprint density at radius 2 is 2.16 bits per heavy atom. The van der Waals surface area contributed by atoms with Crippen molar-refractivity contribution in [3.05, 3.63) is 42.1 Å². The smallest absolute Gasteiger partial charge is 0.307 e. The number of carboxylic acid groups (broad SMARTS) is 1. The number of carbonyl (C=O) groups is 3. The number of nitrogen functional groups attached to an aromatic ring is 1. The third kappa shape index (κ3) is 4.42. The highest BCUT2D eigenvalue weighted by atomic mass is 32.2. The lowest BCUT2D eigenvalue weighted by molar-refractivity contribution is -0.669. The SMILES string of the molecule is CO/N=C(\C(=O)N[C@@H]1C(=O)N2C(C(=O)[O-])=CC(C[n+]3ccn4nc(OC)ccc43)S[C@H]12)c1nsc(N)n1. The van der Waals surface area contributed by atoms with Crippen LogP contribution in [0.2, 0.25) is 0 Å². The van der Waals surface area contributed by atoms with Crippen molar-refractivity contribution in [2.45, 2.75) is 23.2 Å². The van der Waals surface area contributed by atoms with E-state index >= 15 is 0 Å². The minimum absolute atomic E-state index is 0.0581. The number of hydrogen-bond donors (Lipinski definition) is 2. The minimum atomic E-state index is -1.49. The van der Waals surface area contributed by atoms with Crippen LogP contribution in [0.15, 0.2) is 41.5 Å². The lowest BCUT2D eigenvalue weighted by Gasteiger charge is -2.50. The molecular weight excluding hydrogens is 526 g/mol. The van der Waals surface area contributed by atoms with Crippen molar-refractivity contribution >= 4 is 57.6 Å². The highest BCUT2D eigenvalue weighted by Crippen LogP contribution is 2.41. The topological polar surface area (TPSA) is 193 Å². The summed E-state index contributed by atoms with van der Waals surface area (Å²) in [6, 6.07) is 2.51. The van der Waals surface area contributed by atoms with Crippen molar-refractivity contribution in [3.63, 3.8) is 0 Å². The van der Waals surface area contributed by atoms with Gasteiger partial charge in [0.1, 0.15) is 31.3 Å². The standard InChI is InChI=1S/C20H19N9O6S2/c1-34-11-3-4-12-27(5-6-28(12)24-11)8-9-7-10(19(32)33)29-17(31)14(18(29)36-9)22-16(30)13(25-35-2)15-23-20(21)37-26-15/h3-7,9,14,18H,8H2,1-2H3,(H3-,21,22,23,26,30,32,33)/b25-13-/t9?,14-,18-/m1/s1. The summed E-state index contributed by atoms with van der Waals surface area (Å²) in [4.78, 5) is 47.4. The van der Waals surface area contributed by atoms with Gasteiger partial charge in [-0.25, -0.2) is 4.57 Å². The van der Waals surface area contributed by atoms with E-state index in [1.165, 1.54) is 32.1 Å². The lowest BCUT2D eigenvalue weighted by atomic mass is 10.0. The first-order valence-corrected chi connectivity index (χ1v) is 12.4. The Balaban J connectivity index is 1.37. The molecule has 37 heavy (non-hydrogen) atoms. The molecule has 3 N–H and O–H groups in total. The highest BCUT2D eigenvalue weighted by Gasteiger charge is 2.53. The number of aliphatic carboxylic acids is 1. The van der Waals surface area contributed by atoms with Crippen LogP contribution in [0.25, 0.3) is 5.65 Å². The molecule has 3 atom stereocenters. The molecule has 1 saturated heterocycles. The quantitative estimate of drug-likeness (QED) is 0.132. The van der Waals surface area contributed by atoms with E-state index in [1.807, 2.05) is 10.6 Å². The van der Waals surface area contributed by atoms with Crippen LogP contribution in [0.4, 0.5) is 5.13 Å². The molecule has 15 nitrogen and oxygen atoms in total. The Hall–Kier alpha value is -4.25. The van der Waals surface area contributed by atoms with E-state index < -0.39 is 29.2 Å². The number of nitrogens with one attached hydrogen (secondary N) is 1. The number of methoxy groups -OCH3 is 1. The number of hydrogen-bond acceptors (Lipinski definition) is 13. The summed E-state index contributed by atoms with van der Waals surface area (Å²) in [5.41, 5.74) is 5.82. The maximum atomic E-state index is 12.9. The van der Waals surface area contributed by atoms with E-state index in [0.717, 1.165) is 22.1 Å². The number of nitrogens with two attached hydrogens (primary N) is 1. The maximum Gasteiger partial charge on any atom is 0.307 e. The molecule has 3 aromatic rings. The van der Waals surface area contributed by atoms with Crippen LogP contribution in [-0.4, -0.2) is 78.3 Å². The van der Waals surface area contributed by atoms with Crippen LogP contribution in [0.5, 0.6) is 5.88 Å². The molecule has 0 radical (unpaired) electrons. The van der Waals surface area contributed by atoms with Crippen LogP contribution in [0.3, 0.4) is 0 Å². The summed E-state index contributed by atoms with van der Waals surface area (Å²) >= 11 is 2.19. The largest absolute Gasteiger partial charge is 0.543 e. The molecule has 0 aromatic carbocycles. The Labute approximate surface area is 216 Å². The molecule has 0 saturated carbocycles. The summed E-state index contributed by atoms with van der Waals surface area (Å²) in [5.74, 6) is -2.48. The first-order valence-electron chi connectivity index (χ1n) is 10.7. The molecule has 5 heterocycles. The fraction of sp³-hybridized carbons (Fsp3) is 0.300. The molecule has 0 bridgehead atoms. The Bertz CT molecular complexity index is 1470. The minimum Gasteiger partial charge on any atom is -0.543 e. The molecule has 192 valence electrons. The fourth-order valence-electron chi connectivity index (χ4n) is 3.97. The summed E-state index contributed by atoms with van der Waals surface area (Å²) < 4.78 is 12.6. The number of imidazole rings is 1. The first kappa shape index (κ1) is 24.4. The molecule has 1 fully saturated rings. The van der Waals surface area contributed by atoms with E-state index in [2.05, 4.69) is 24.9 Å². The Morgan fingerprint density at radius 1 is 1.35 bits per heavy atom. The summed E-state index contributed by atoms with van der Waals surface area (Å²) in [7, 11) is 2.76. The van der Waals surface area contributed by atoms with Gasteiger partial charge in [0.05, 0.1) is 24.0 Å². The van der Waals surface area contributed by atoms with Crippen molar-refractivity contribution in [2.75, 3.05) is 20.0 Å². The number of carbonyl (C=O) groups excluding carboxylic acids is 3. The average Bonchev–Trinajstić information content (AvgIpc) is 3.50. The monoisotopic (exact) mass is 545 g/mol. The number of ether oxygens (including phenoxy) is 1. The van der Waals surface area contributed by atoms with Crippen molar-refractivity contribution in [1.29, 1.82) is 0 Å². The number of thioether (sulfide) groups is 1. The zero-order valence-corrected chi connectivity index (χ0v) is 20.9. The van der Waals surface area contributed by atoms with Crippen molar-refractivity contribution in [2.24, 2.45) is 5.16 Å². The van der Waals surface area contributed by atoms with Crippen LogP contribution >= 0.6 is 23.3 Å². The number of amides is 2. The Morgan fingerprint density at radius 3 is 2.84 bits per heavy atom. The third-order valence-corrected chi connectivity index (χ3v) is 7.53. The second-order valence-corrected chi connectivity index (χ2v) is 9.92. The van der Waals surface area contributed by atoms with Gasteiger partial charge in [-0.05, 0) is 11.2 Å². The second-order valence-electron chi connectivity index (χ2n) is 7.77. The average molecular weight is 546 g/mol. The molecular formula is C20H19N9O6S2. The molecule has 2 amide bonds. The normalized spacial score (nSPS) is 21.2. The number of anilines is 1. The number of aromatic nitrogens is 5. The van der Waals surface area contributed by atoms with E-state index in [1.54, 1.807) is 23.0 Å². The first-order chi connectivity index (χ1) is 17.8. The molecule has 0 aliphatic carbocycles. The van der Waals surface area contributed by atoms with Crippen molar-refractivity contribution in [1.82, 2.24) is 29.2 Å². The van der Waals surface area contributed by atoms with E-state index in [9.17, 15) is 19.5 Å². The van der Waals surface area contributed by atoms with Gasteiger partial charge >= 0.3 is 5.65 Å². The van der Waals surface area contributed by atoms with Crippen LogP contribution < -0.4 is 25.5 Å². The number of carboxylic acids is 1. The van der Waals surface area contributed by atoms with Gasteiger partial charge in [0.15, 0.2) is 11.3 Å². The van der Waals surface area contributed by atoms with Gasteiger partial charge in [-0.15, -0.1) is 11.8 Å². The number of rotatable bonds is 8. The van der Waals surface area contributed by atoms with Crippen LogP contribution in [-0.2, 0) is 25.8 Å². The third-order valence-electron chi connectivity index (χ3n) is 5.59. The molecule has 1 unspecified atom stereocenters. The van der Waals surface area contributed by atoms with Crippen molar-refractivity contribution in [3.8, 4) is 5.88 Å².